The van der Waals surface area contributed by atoms with E-state index >= 15 is 0 Å². The van der Waals surface area contributed by atoms with E-state index in [4.69, 9.17) is 0 Å². The van der Waals surface area contributed by atoms with Crippen LogP contribution in [0.15, 0.2) is 66.0 Å². The van der Waals surface area contributed by atoms with E-state index in [1.807, 2.05) is 29.1 Å². The molecule has 4 rings (SSSR count). The zero-order valence-corrected chi connectivity index (χ0v) is 16.3. The molecule has 0 aliphatic carbocycles. The highest BCUT2D eigenvalue weighted by molar-refractivity contribution is 7.89. The zero-order chi connectivity index (χ0) is 19.4. The van der Waals surface area contributed by atoms with Crippen LogP contribution in [0, 0.1) is 0 Å². The van der Waals surface area contributed by atoms with Gasteiger partial charge in [0.05, 0.1) is 6.54 Å². The van der Waals surface area contributed by atoms with Gasteiger partial charge in [-0.05, 0) is 42.2 Å². The first-order valence-corrected chi connectivity index (χ1v) is 10.8. The molecule has 1 fully saturated rings. The molecule has 1 aliphatic rings. The standard InChI is InChI=1S/C20H23N5O2S/c26-28(27,25-12-3-4-13-25)19-8-9-20(22-15-19)21-14-17-6-1-2-7-18(17)16-24-11-5-10-23-24/h1-2,5-11,15H,3-4,12-14,16H2,(H,21,22). The smallest absolute Gasteiger partial charge is 0.244 e. The van der Waals surface area contributed by atoms with Crippen molar-refractivity contribution in [3.05, 3.63) is 72.2 Å². The molecule has 3 heterocycles. The molecule has 7 nitrogen and oxygen atoms in total. The third-order valence-corrected chi connectivity index (χ3v) is 6.79. The van der Waals surface area contributed by atoms with Crippen LogP contribution in [0.2, 0.25) is 0 Å². The van der Waals surface area contributed by atoms with Gasteiger partial charge in [-0.25, -0.2) is 13.4 Å². The second kappa shape index (κ2) is 8.12. The molecule has 3 aromatic rings. The predicted molar refractivity (Wildman–Crippen MR) is 107 cm³/mol. The van der Waals surface area contributed by atoms with Gasteiger partial charge in [0.15, 0.2) is 0 Å². The molecule has 0 amide bonds. The van der Waals surface area contributed by atoms with Crippen LogP contribution in [0.25, 0.3) is 0 Å². The van der Waals surface area contributed by atoms with Crippen molar-refractivity contribution in [1.82, 2.24) is 19.1 Å². The summed E-state index contributed by atoms with van der Waals surface area (Å²) in [6.45, 7) is 2.48. The molecule has 0 spiro atoms. The lowest BCUT2D eigenvalue weighted by atomic mass is 10.1. The molecule has 0 radical (unpaired) electrons. The van der Waals surface area contributed by atoms with E-state index in [2.05, 4.69) is 27.5 Å². The average molecular weight is 398 g/mol. The SMILES string of the molecule is O=S(=O)(c1ccc(NCc2ccccc2Cn2cccn2)nc1)N1CCCC1. The van der Waals surface area contributed by atoms with Crippen LogP contribution in [-0.4, -0.2) is 40.6 Å². The minimum atomic E-state index is -3.42. The molecule has 0 saturated carbocycles. The van der Waals surface area contributed by atoms with Gasteiger partial charge in [-0.3, -0.25) is 4.68 Å². The van der Waals surface area contributed by atoms with E-state index in [-0.39, 0.29) is 4.90 Å². The molecule has 2 aromatic heterocycles. The van der Waals surface area contributed by atoms with E-state index in [0.29, 0.717) is 32.0 Å². The van der Waals surface area contributed by atoms with Crippen molar-refractivity contribution < 1.29 is 8.42 Å². The zero-order valence-electron chi connectivity index (χ0n) is 15.5. The van der Waals surface area contributed by atoms with Gasteiger partial charge < -0.3 is 5.32 Å². The summed E-state index contributed by atoms with van der Waals surface area (Å²) in [7, 11) is -3.42. The first-order valence-electron chi connectivity index (χ1n) is 9.37. The predicted octanol–water partition coefficient (Wildman–Crippen LogP) is 2.72. The van der Waals surface area contributed by atoms with E-state index in [1.165, 1.54) is 16.1 Å². The van der Waals surface area contributed by atoms with Gasteiger partial charge in [0.1, 0.15) is 10.7 Å². The first kappa shape index (κ1) is 18.6. The topological polar surface area (TPSA) is 80.1 Å². The number of rotatable bonds is 7. The summed E-state index contributed by atoms with van der Waals surface area (Å²) in [6, 6.07) is 13.4. The normalized spacial score (nSPS) is 15.0. The lowest BCUT2D eigenvalue weighted by molar-refractivity contribution is 0.477. The highest BCUT2D eigenvalue weighted by atomic mass is 32.2. The molecule has 0 bridgehead atoms. The van der Waals surface area contributed by atoms with E-state index in [9.17, 15) is 8.42 Å². The fourth-order valence-electron chi connectivity index (χ4n) is 3.35. The van der Waals surface area contributed by atoms with Crippen molar-refractivity contribution in [3.63, 3.8) is 0 Å². The summed E-state index contributed by atoms with van der Waals surface area (Å²) in [4.78, 5) is 4.55. The first-order chi connectivity index (χ1) is 13.6. The number of pyridine rings is 1. The van der Waals surface area contributed by atoms with Gasteiger partial charge in [0, 0.05) is 38.2 Å². The molecule has 1 saturated heterocycles. The Morgan fingerprint density at radius 3 is 2.46 bits per heavy atom. The number of anilines is 1. The fraction of sp³-hybridized carbons (Fsp3) is 0.300. The number of nitrogens with one attached hydrogen (secondary N) is 1. The van der Waals surface area contributed by atoms with Crippen LogP contribution in [-0.2, 0) is 23.1 Å². The highest BCUT2D eigenvalue weighted by Gasteiger charge is 2.27. The van der Waals surface area contributed by atoms with Gasteiger partial charge >= 0.3 is 0 Å². The quantitative estimate of drug-likeness (QED) is 0.663. The van der Waals surface area contributed by atoms with Gasteiger partial charge in [-0.1, -0.05) is 24.3 Å². The van der Waals surface area contributed by atoms with Crippen LogP contribution >= 0.6 is 0 Å². The highest BCUT2D eigenvalue weighted by Crippen LogP contribution is 2.21. The third kappa shape index (κ3) is 4.07. The van der Waals surface area contributed by atoms with Crippen molar-refractivity contribution >= 4 is 15.8 Å². The molecule has 146 valence electrons. The second-order valence-electron chi connectivity index (χ2n) is 6.82. The Labute approximate surface area is 165 Å². The second-order valence-corrected chi connectivity index (χ2v) is 8.75. The van der Waals surface area contributed by atoms with Crippen molar-refractivity contribution in [1.29, 1.82) is 0 Å². The Morgan fingerprint density at radius 1 is 1.00 bits per heavy atom. The molecule has 1 aromatic carbocycles. The molecular weight excluding hydrogens is 374 g/mol. The van der Waals surface area contributed by atoms with Crippen molar-refractivity contribution in [3.8, 4) is 0 Å². The summed E-state index contributed by atoms with van der Waals surface area (Å²) in [5, 5.41) is 7.54. The summed E-state index contributed by atoms with van der Waals surface area (Å²) >= 11 is 0. The van der Waals surface area contributed by atoms with E-state index in [1.54, 1.807) is 18.3 Å². The molecule has 1 N–H and O–H groups in total. The van der Waals surface area contributed by atoms with Gasteiger partial charge in [-0.2, -0.15) is 9.40 Å². The minimum absolute atomic E-state index is 0.249. The molecular formula is C20H23N5O2S. The Kier molecular flexibility index (Phi) is 5.40. The molecule has 1 aliphatic heterocycles. The number of nitrogens with zero attached hydrogens (tertiary/aromatic N) is 4. The maximum atomic E-state index is 12.6. The van der Waals surface area contributed by atoms with Gasteiger partial charge in [0.25, 0.3) is 0 Å². The van der Waals surface area contributed by atoms with Crippen LogP contribution in [0.5, 0.6) is 0 Å². The van der Waals surface area contributed by atoms with E-state index < -0.39 is 10.0 Å². The Hall–Kier alpha value is -2.71. The lowest BCUT2D eigenvalue weighted by Crippen LogP contribution is -2.27. The number of sulfonamides is 1. The largest absolute Gasteiger partial charge is 0.366 e. The van der Waals surface area contributed by atoms with Crippen LogP contribution < -0.4 is 5.32 Å². The number of aromatic nitrogens is 3. The molecule has 0 atom stereocenters. The Morgan fingerprint density at radius 2 is 1.79 bits per heavy atom. The fourth-order valence-corrected chi connectivity index (χ4v) is 4.82. The van der Waals surface area contributed by atoms with Crippen LogP contribution in [0.4, 0.5) is 5.82 Å². The van der Waals surface area contributed by atoms with Gasteiger partial charge in [-0.15, -0.1) is 0 Å². The van der Waals surface area contributed by atoms with E-state index in [0.717, 1.165) is 18.4 Å². The minimum Gasteiger partial charge on any atom is -0.366 e. The van der Waals surface area contributed by atoms with Crippen molar-refractivity contribution in [2.75, 3.05) is 18.4 Å². The average Bonchev–Trinajstić information content (AvgIpc) is 3.42. The van der Waals surface area contributed by atoms with Crippen LogP contribution in [0.1, 0.15) is 24.0 Å². The van der Waals surface area contributed by atoms with Gasteiger partial charge in [0.2, 0.25) is 10.0 Å². The monoisotopic (exact) mass is 397 g/mol. The molecule has 28 heavy (non-hydrogen) atoms. The molecule has 0 unspecified atom stereocenters. The Bertz CT molecular complexity index is 1010. The number of hydrogen-bond donors (Lipinski definition) is 1. The summed E-state index contributed by atoms with van der Waals surface area (Å²) in [5.41, 5.74) is 2.32. The maximum absolute atomic E-state index is 12.6. The number of hydrogen-bond acceptors (Lipinski definition) is 5. The summed E-state index contributed by atoms with van der Waals surface area (Å²) < 4.78 is 28.6. The maximum Gasteiger partial charge on any atom is 0.244 e. The van der Waals surface area contributed by atoms with Crippen molar-refractivity contribution in [2.24, 2.45) is 0 Å². The molecule has 8 heteroatoms. The summed E-state index contributed by atoms with van der Waals surface area (Å²) in [5.74, 6) is 0.647. The lowest BCUT2D eigenvalue weighted by Gasteiger charge is -2.15. The van der Waals surface area contributed by atoms with Crippen LogP contribution in [0.3, 0.4) is 0 Å². The Balaban J connectivity index is 1.43. The third-order valence-electron chi connectivity index (χ3n) is 4.91. The van der Waals surface area contributed by atoms with Crippen molar-refractivity contribution in [2.45, 2.75) is 30.8 Å². The number of benzene rings is 1. The summed E-state index contributed by atoms with van der Waals surface area (Å²) in [6.07, 6.45) is 6.98.